The summed E-state index contributed by atoms with van der Waals surface area (Å²) in [6.07, 6.45) is 0.938. The Morgan fingerprint density at radius 2 is 1.94 bits per heavy atom. The van der Waals surface area contributed by atoms with Crippen LogP contribution in [0.2, 0.25) is 5.02 Å². The summed E-state index contributed by atoms with van der Waals surface area (Å²) in [4.78, 5) is 9.31. The SMILES string of the molecule is CCc1nc(-c2ccc(Cl)cc2)nc2c1CNC2. The number of nitrogens with one attached hydrogen (secondary N) is 1. The first-order chi connectivity index (χ1) is 8.78. The Hall–Kier alpha value is -1.45. The molecule has 0 aliphatic carbocycles. The maximum absolute atomic E-state index is 5.90. The van der Waals surface area contributed by atoms with Crippen LogP contribution in [0.4, 0.5) is 0 Å². The number of hydrogen-bond acceptors (Lipinski definition) is 3. The lowest BCUT2D eigenvalue weighted by Crippen LogP contribution is -2.02. The van der Waals surface area contributed by atoms with E-state index in [1.807, 2.05) is 24.3 Å². The summed E-state index contributed by atoms with van der Waals surface area (Å²) in [5, 5.41) is 4.06. The Labute approximate surface area is 111 Å². The minimum absolute atomic E-state index is 0.734. The molecule has 18 heavy (non-hydrogen) atoms. The van der Waals surface area contributed by atoms with Gasteiger partial charge in [-0.15, -0.1) is 0 Å². The van der Waals surface area contributed by atoms with Crippen LogP contribution in [-0.2, 0) is 19.5 Å². The predicted molar refractivity (Wildman–Crippen MR) is 72.4 cm³/mol. The Morgan fingerprint density at radius 3 is 2.67 bits per heavy atom. The van der Waals surface area contributed by atoms with Crippen LogP contribution in [0.1, 0.15) is 23.9 Å². The van der Waals surface area contributed by atoms with Crippen LogP contribution in [0, 0.1) is 0 Å². The molecule has 0 bridgehead atoms. The fourth-order valence-electron chi connectivity index (χ4n) is 2.26. The zero-order valence-electron chi connectivity index (χ0n) is 10.2. The van der Waals surface area contributed by atoms with E-state index in [9.17, 15) is 0 Å². The third-order valence-electron chi connectivity index (χ3n) is 3.21. The molecule has 1 aliphatic rings. The largest absolute Gasteiger partial charge is 0.307 e. The monoisotopic (exact) mass is 259 g/mol. The lowest BCUT2D eigenvalue weighted by Gasteiger charge is -2.08. The predicted octanol–water partition coefficient (Wildman–Crippen LogP) is 2.96. The molecule has 4 heteroatoms. The maximum atomic E-state index is 5.90. The molecule has 0 spiro atoms. The van der Waals surface area contributed by atoms with Crippen LogP contribution >= 0.6 is 11.6 Å². The van der Waals surface area contributed by atoms with E-state index in [-0.39, 0.29) is 0 Å². The summed E-state index contributed by atoms with van der Waals surface area (Å²) < 4.78 is 0. The van der Waals surface area contributed by atoms with E-state index in [1.165, 1.54) is 5.56 Å². The van der Waals surface area contributed by atoms with Gasteiger partial charge in [0.1, 0.15) is 0 Å². The number of halogens is 1. The molecule has 1 aliphatic heterocycles. The van der Waals surface area contributed by atoms with Gasteiger partial charge in [-0.2, -0.15) is 0 Å². The average molecular weight is 260 g/mol. The van der Waals surface area contributed by atoms with Crippen LogP contribution in [0.3, 0.4) is 0 Å². The van der Waals surface area contributed by atoms with Crippen molar-refractivity contribution < 1.29 is 0 Å². The molecular weight excluding hydrogens is 246 g/mol. The number of aryl methyl sites for hydroxylation is 1. The van der Waals surface area contributed by atoms with Crippen molar-refractivity contribution in [1.29, 1.82) is 0 Å². The molecule has 1 N–H and O–H groups in total. The highest BCUT2D eigenvalue weighted by Crippen LogP contribution is 2.23. The second kappa shape index (κ2) is 4.67. The van der Waals surface area contributed by atoms with E-state index in [0.29, 0.717) is 0 Å². The Kier molecular flexibility index (Phi) is 3.02. The summed E-state index contributed by atoms with van der Waals surface area (Å²) in [6, 6.07) is 7.67. The zero-order valence-corrected chi connectivity index (χ0v) is 11.0. The minimum atomic E-state index is 0.734. The first-order valence-electron chi connectivity index (χ1n) is 6.13. The normalized spacial score (nSPS) is 13.7. The van der Waals surface area contributed by atoms with Crippen LogP contribution in [0.25, 0.3) is 11.4 Å². The molecule has 2 aromatic rings. The molecule has 0 radical (unpaired) electrons. The van der Waals surface area contributed by atoms with Crippen molar-refractivity contribution in [3.8, 4) is 11.4 Å². The smallest absolute Gasteiger partial charge is 0.159 e. The molecule has 0 fully saturated rings. The van der Waals surface area contributed by atoms with Crippen molar-refractivity contribution >= 4 is 11.6 Å². The molecule has 3 rings (SSSR count). The van der Waals surface area contributed by atoms with Crippen LogP contribution in [0.5, 0.6) is 0 Å². The lowest BCUT2D eigenvalue weighted by atomic mass is 10.1. The van der Waals surface area contributed by atoms with Crippen molar-refractivity contribution in [1.82, 2.24) is 15.3 Å². The number of fused-ring (bicyclic) bond motifs is 1. The number of rotatable bonds is 2. The van der Waals surface area contributed by atoms with Gasteiger partial charge in [-0.25, -0.2) is 9.97 Å². The highest BCUT2D eigenvalue weighted by molar-refractivity contribution is 6.30. The first kappa shape index (κ1) is 11.6. The van der Waals surface area contributed by atoms with Gasteiger partial charge in [-0.1, -0.05) is 18.5 Å². The average Bonchev–Trinajstić information content (AvgIpc) is 2.86. The first-order valence-corrected chi connectivity index (χ1v) is 6.51. The van der Waals surface area contributed by atoms with Gasteiger partial charge in [0.05, 0.1) is 5.69 Å². The number of nitrogens with zero attached hydrogens (tertiary/aromatic N) is 2. The third-order valence-corrected chi connectivity index (χ3v) is 3.46. The van der Waals surface area contributed by atoms with Crippen molar-refractivity contribution in [3.63, 3.8) is 0 Å². The molecule has 1 aromatic heterocycles. The molecule has 0 unspecified atom stereocenters. The zero-order chi connectivity index (χ0) is 12.5. The van der Waals surface area contributed by atoms with Gasteiger partial charge in [-0.05, 0) is 30.7 Å². The molecule has 2 heterocycles. The van der Waals surface area contributed by atoms with Crippen LogP contribution in [-0.4, -0.2) is 9.97 Å². The minimum Gasteiger partial charge on any atom is -0.307 e. The van der Waals surface area contributed by atoms with E-state index < -0.39 is 0 Å². The van der Waals surface area contributed by atoms with Crippen LogP contribution in [0.15, 0.2) is 24.3 Å². The van der Waals surface area contributed by atoms with Gasteiger partial charge >= 0.3 is 0 Å². The van der Waals surface area contributed by atoms with Gasteiger partial charge in [0.15, 0.2) is 5.82 Å². The van der Waals surface area contributed by atoms with Gasteiger partial charge in [0.25, 0.3) is 0 Å². The summed E-state index contributed by atoms with van der Waals surface area (Å²) >= 11 is 5.90. The molecule has 0 amide bonds. The highest BCUT2D eigenvalue weighted by atomic mass is 35.5. The summed E-state index contributed by atoms with van der Waals surface area (Å²) in [6.45, 7) is 3.86. The van der Waals surface area contributed by atoms with E-state index in [0.717, 1.165) is 47.3 Å². The van der Waals surface area contributed by atoms with E-state index in [4.69, 9.17) is 11.6 Å². The number of hydrogen-bond donors (Lipinski definition) is 1. The van der Waals surface area contributed by atoms with E-state index in [1.54, 1.807) is 0 Å². The summed E-state index contributed by atoms with van der Waals surface area (Å²) in [5.41, 5.74) is 4.57. The Morgan fingerprint density at radius 1 is 1.17 bits per heavy atom. The third kappa shape index (κ3) is 2.00. The second-order valence-electron chi connectivity index (χ2n) is 4.38. The Bertz CT molecular complexity index is 578. The van der Waals surface area contributed by atoms with E-state index in [2.05, 4.69) is 22.2 Å². The fraction of sp³-hybridized carbons (Fsp3) is 0.286. The topological polar surface area (TPSA) is 37.8 Å². The van der Waals surface area contributed by atoms with Crippen molar-refractivity contribution in [3.05, 3.63) is 46.2 Å². The molecule has 0 saturated carbocycles. The summed E-state index contributed by atoms with van der Waals surface area (Å²) in [7, 11) is 0. The highest BCUT2D eigenvalue weighted by Gasteiger charge is 2.18. The maximum Gasteiger partial charge on any atom is 0.159 e. The standard InChI is InChI=1S/C14H14ClN3/c1-2-12-11-7-16-8-13(11)18-14(17-12)9-3-5-10(15)6-4-9/h3-6,16H,2,7-8H2,1H3. The number of benzene rings is 1. The molecule has 0 saturated heterocycles. The van der Waals surface area contributed by atoms with Crippen molar-refractivity contribution in [2.45, 2.75) is 26.4 Å². The van der Waals surface area contributed by atoms with Crippen molar-refractivity contribution in [2.24, 2.45) is 0 Å². The van der Waals surface area contributed by atoms with Gasteiger partial charge in [0, 0.05) is 34.9 Å². The van der Waals surface area contributed by atoms with Crippen LogP contribution < -0.4 is 5.32 Å². The lowest BCUT2D eigenvalue weighted by molar-refractivity contribution is 0.755. The number of aromatic nitrogens is 2. The summed E-state index contributed by atoms with van der Waals surface area (Å²) in [5.74, 6) is 0.797. The fourth-order valence-corrected chi connectivity index (χ4v) is 2.38. The second-order valence-corrected chi connectivity index (χ2v) is 4.82. The molecule has 0 atom stereocenters. The van der Waals surface area contributed by atoms with Gasteiger partial charge < -0.3 is 5.32 Å². The van der Waals surface area contributed by atoms with Gasteiger partial charge in [-0.3, -0.25) is 0 Å². The van der Waals surface area contributed by atoms with Crippen molar-refractivity contribution in [2.75, 3.05) is 0 Å². The molecule has 1 aromatic carbocycles. The molecule has 3 nitrogen and oxygen atoms in total. The quantitative estimate of drug-likeness (QED) is 0.901. The molecular formula is C14H14ClN3. The van der Waals surface area contributed by atoms with E-state index >= 15 is 0 Å². The van der Waals surface area contributed by atoms with Gasteiger partial charge in [0.2, 0.25) is 0 Å². The molecule has 92 valence electrons. The Balaban J connectivity index is 2.10.